The maximum atomic E-state index is 4.32. The summed E-state index contributed by atoms with van der Waals surface area (Å²) in [5.41, 5.74) is 1.18. The lowest BCUT2D eigenvalue weighted by atomic mass is 10.1. The molecule has 0 unspecified atom stereocenters. The van der Waals surface area contributed by atoms with Crippen molar-refractivity contribution in [2.24, 2.45) is 0 Å². The second-order valence-electron chi connectivity index (χ2n) is 3.46. The first-order valence-electron chi connectivity index (χ1n) is 4.89. The van der Waals surface area contributed by atoms with Crippen LogP contribution in [0.3, 0.4) is 0 Å². The molecule has 13 heavy (non-hydrogen) atoms. The minimum absolute atomic E-state index is 1.01. The summed E-state index contributed by atoms with van der Waals surface area (Å²) < 4.78 is 0. The lowest BCUT2D eigenvalue weighted by molar-refractivity contribution is 0.243. The Balaban J connectivity index is 1.90. The Morgan fingerprint density at radius 1 is 1.23 bits per heavy atom. The van der Waals surface area contributed by atoms with Gasteiger partial charge >= 0.3 is 0 Å². The zero-order valence-corrected chi connectivity index (χ0v) is 7.82. The van der Waals surface area contributed by atoms with Gasteiger partial charge in [-0.05, 0) is 44.5 Å². The summed E-state index contributed by atoms with van der Waals surface area (Å²) in [4.78, 5) is 6.78. The number of hydrogen-bond donors (Lipinski definition) is 0. The summed E-state index contributed by atoms with van der Waals surface area (Å²) in [6, 6.07) is 6.12. The van der Waals surface area contributed by atoms with Gasteiger partial charge in [-0.3, -0.25) is 9.88 Å². The number of rotatable bonds is 2. The molecule has 1 fully saturated rings. The Morgan fingerprint density at radius 2 is 2.08 bits per heavy atom. The fourth-order valence-corrected chi connectivity index (χ4v) is 1.68. The van der Waals surface area contributed by atoms with E-state index in [0.29, 0.717) is 0 Å². The number of nitrogens with zero attached hydrogens (tertiary/aromatic N) is 2. The number of aromatic nitrogens is 1. The first-order chi connectivity index (χ1) is 6.45. The molecular weight excluding hydrogens is 160 g/mol. The molecule has 0 saturated carbocycles. The molecule has 2 heterocycles. The van der Waals surface area contributed by atoms with Gasteiger partial charge in [0.2, 0.25) is 0 Å². The number of likely N-dealkylation sites (tertiary alicyclic amines) is 1. The van der Waals surface area contributed by atoms with Gasteiger partial charge < -0.3 is 0 Å². The summed E-state index contributed by atoms with van der Waals surface area (Å²) in [6.07, 6.45) is 6.69. The van der Waals surface area contributed by atoms with Gasteiger partial charge in [-0.1, -0.05) is 6.07 Å². The van der Waals surface area contributed by atoms with Crippen LogP contribution in [-0.4, -0.2) is 23.0 Å². The fraction of sp³-hybridized carbons (Fsp3) is 0.455. The van der Waals surface area contributed by atoms with Gasteiger partial charge in [0.05, 0.1) is 5.69 Å². The summed E-state index contributed by atoms with van der Waals surface area (Å²) in [5.74, 6) is 0. The minimum Gasteiger partial charge on any atom is -0.297 e. The van der Waals surface area contributed by atoms with E-state index in [-0.39, 0.29) is 0 Å². The van der Waals surface area contributed by atoms with Crippen LogP contribution in [-0.2, 0) is 6.54 Å². The normalized spacial score (nSPS) is 18.8. The third-order valence-corrected chi connectivity index (χ3v) is 2.41. The monoisotopic (exact) mass is 175 g/mol. The van der Waals surface area contributed by atoms with Gasteiger partial charge in [0.1, 0.15) is 0 Å². The summed E-state index contributed by atoms with van der Waals surface area (Å²) in [5, 5.41) is 0. The van der Waals surface area contributed by atoms with Crippen molar-refractivity contribution in [1.29, 1.82) is 0 Å². The van der Waals surface area contributed by atoms with E-state index in [0.717, 1.165) is 6.54 Å². The van der Waals surface area contributed by atoms with Crippen LogP contribution in [0.4, 0.5) is 0 Å². The van der Waals surface area contributed by atoms with E-state index in [1.807, 2.05) is 12.3 Å². The molecule has 1 radical (unpaired) electrons. The average Bonchev–Trinajstić information content (AvgIpc) is 2.21. The first kappa shape index (κ1) is 8.70. The lowest BCUT2D eigenvalue weighted by Gasteiger charge is -2.25. The molecule has 0 aliphatic carbocycles. The van der Waals surface area contributed by atoms with Gasteiger partial charge in [0.15, 0.2) is 0 Å². The number of pyridine rings is 1. The average molecular weight is 175 g/mol. The molecule has 2 heteroatoms. The smallest absolute Gasteiger partial charge is 0.0543 e. The zero-order chi connectivity index (χ0) is 8.93. The van der Waals surface area contributed by atoms with Crippen LogP contribution in [0.5, 0.6) is 0 Å². The second kappa shape index (κ2) is 4.38. The third-order valence-electron chi connectivity index (χ3n) is 2.41. The first-order valence-corrected chi connectivity index (χ1v) is 4.89. The molecule has 0 amide bonds. The topological polar surface area (TPSA) is 16.1 Å². The molecule has 1 aliphatic rings. The van der Waals surface area contributed by atoms with Crippen molar-refractivity contribution in [3.63, 3.8) is 0 Å². The quantitative estimate of drug-likeness (QED) is 0.682. The molecule has 0 N–H and O–H groups in total. The predicted octanol–water partition coefficient (Wildman–Crippen LogP) is 1.88. The Morgan fingerprint density at radius 3 is 2.77 bits per heavy atom. The van der Waals surface area contributed by atoms with E-state index in [4.69, 9.17) is 0 Å². The second-order valence-corrected chi connectivity index (χ2v) is 3.46. The molecule has 2 nitrogen and oxygen atoms in total. The van der Waals surface area contributed by atoms with Crippen LogP contribution < -0.4 is 0 Å². The molecule has 69 valence electrons. The molecule has 1 saturated heterocycles. The zero-order valence-electron chi connectivity index (χ0n) is 7.82. The maximum Gasteiger partial charge on any atom is 0.0543 e. The largest absolute Gasteiger partial charge is 0.297 e. The fourth-order valence-electron chi connectivity index (χ4n) is 1.68. The van der Waals surface area contributed by atoms with E-state index in [9.17, 15) is 0 Å². The van der Waals surface area contributed by atoms with E-state index in [1.165, 1.54) is 31.6 Å². The molecule has 0 aromatic carbocycles. The Labute approximate surface area is 79.6 Å². The van der Waals surface area contributed by atoms with Gasteiger partial charge in [-0.2, -0.15) is 0 Å². The van der Waals surface area contributed by atoms with E-state index < -0.39 is 0 Å². The van der Waals surface area contributed by atoms with Gasteiger partial charge in [0, 0.05) is 12.7 Å². The van der Waals surface area contributed by atoms with Crippen molar-refractivity contribution in [1.82, 2.24) is 9.88 Å². The van der Waals surface area contributed by atoms with Crippen molar-refractivity contribution >= 4 is 0 Å². The summed E-state index contributed by atoms with van der Waals surface area (Å²) in [7, 11) is 0. The van der Waals surface area contributed by atoms with Crippen molar-refractivity contribution in [3.05, 3.63) is 36.5 Å². The van der Waals surface area contributed by atoms with E-state index in [1.54, 1.807) is 0 Å². The molecule has 1 aromatic rings. The van der Waals surface area contributed by atoms with Crippen molar-refractivity contribution in [2.75, 3.05) is 13.1 Å². The standard InChI is InChI=1S/C11H15N2/c1-4-8-13(9-5-1)10-11-6-2-3-7-12-11/h1-3,6-7H,4-5,8-10H2. The highest BCUT2D eigenvalue weighted by molar-refractivity contribution is 5.03. The number of hydrogen-bond acceptors (Lipinski definition) is 2. The van der Waals surface area contributed by atoms with Crippen molar-refractivity contribution < 1.29 is 0 Å². The SMILES string of the molecule is [CH]1CCN(Cc2ccccn2)CC1. The molecule has 0 spiro atoms. The maximum absolute atomic E-state index is 4.32. The third kappa shape index (κ3) is 2.52. The van der Waals surface area contributed by atoms with E-state index >= 15 is 0 Å². The van der Waals surface area contributed by atoms with Crippen LogP contribution in [0.1, 0.15) is 18.5 Å². The Kier molecular flexibility index (Phi) is 2.93. The predicted molar refractivity (Wildman–Crippen MR) is 53.0 cm³/mol. The van der Waals surface area contributed by atoms with Crippen molar-refractivity contribution in [2.45, 2.75) is 19.4 Å². The summed E-state index contributed by atoms with van der Waals surface area (Å²) >= 11 is 0. The van der Waals surface area contributed by atoms with Crippen LogP contribution >= 0.6 is 0 Å². The molecule has 0 atom stereocenters. The molecule has 2 rings (SSSR count). The highest BCUT2D eigenvalue weighted by Gasteiger charge is 2.10. The minimum atomic E-state index is 1.01. The van der Waals surface area contributed by atoms with E-state index in [2.05, 4.69) is 28.4 Å². The van der Waals surface area contributed by atoms with Gasteiger partial charge in [-0.25, -0.2) is 0 Å². The van der Waals surface area contributed by atoms with Crippen LogP contribution in [0, 0.1) is 6.42 Å². The van der Waals surface area contributed by atoms with Crippen molar-refractivity contribution in [3.8, 4) is 0 Å². The Hall–Kier alpha value is -0.890. The lowest BCUT2D eigenvalue weighted by Crippen LogP contribution is -2.29. The Bertz CT molecular complexity index is 240. The van der Waals surface area contributed by atoms with Gasteiger partial charge in [0.25, 0.3) is 0 Å². The van der Waals surface area contributed by atoms with Gasteiger partial charge in [-0.15, -0.1) is 0 Å². The van der Waals surface area contributed by atoms with Crippen LogP contribution in [0.15, 0.2) is 24.4 Å². The highest BCUT2D eigenvalue weighted by Crippen LogP contribution is 2.10. The summed E-state index contributed by atoms with van der Waals surface area (Å²) in [6.45, 7) is 3.39. The molecule has 1 aliphatic heterocycles. The highest BCUT2D eigenvalue weighted by atomic mass is 15.1. The number of piperidine rings is 1. The molecule has 1 aromatic heterocycles. The van der Waals surface area contributed by atoms with Crippen LogP contribution in [0.25, 0.3) is 0 Å². The molecular formula is C11H15N2. The molecule has 0 bridgehead atoms. The van der Waals surface area contributed by atoms with Crippen LogP contribution in [0.2, 0.25) is 0 Å².